The van der Waals surface area contributed by atoms with Crippen molar-refractivity contribution in [2.45, 2.75) is 25.8 Å². The first-order chi connectivity index (χ1) is 8.04. The first-order valence-electron chi connectivity index (χ1n) is 5.75. The Labute approximate surface area is 120 Å². The van der Waals surface area contributed by atoms with Crippen LogP contribution in [-0.4, -0.2) is 25.5 Å². The molecule has 2 unspecified atom stereocenters. The van der Waals surface area contributed by atoms with Gasteiger partial charge in [0.2, 0.25) is 5.91 Å². The second kappa shape index (κ2) is 8.35. The molecule has 1 aromatic rings. The summed E-state index contributed by atoms with van der Waals surface area (Å²) in [6.45, 7) is 4.52. The Hall–Kier alpha value is -0.770. The van der Waals surface area contributed by atoms with E-state index in [1.54, 1.807) is 6.07 Å². The molecule has 18 heavy (non-hydrogen) atoms. The third-order valence-corrected chi connectivity index (χ3v) is 3.05. The van der Waals surface area contributed by atoms with Gasteiger partial charge in [-0.15, -0.1) is 12.4 Å². The van der Waals surface area contributed by atoms with Gasteiger partial charge in [0.25, 0.3) is 0 Å². The Morgan fingerprint density at radius 1 is 1.39 bits per heavy atom. The van der Waals surface area contributed by atoms with E-state index < -0.39 is 0 Å². The van der Waals surface area contributed by atoms with Crippen LogP contribution >= 0.6 is 24.0 Å². The molecule has 1 rings (SSSR count). The molecule has 0 aliphatic rings. The number of amides is 1. The highest BCUT2D eigenvalue weighted by Gasteiger charge is 2.15. The zero-order valence-corrected chi connectivity index (χ0v) is 12.4. The van der Waals surface area contributed by atoms with Crippen molar-refractivity contribution in [3.05, 3.63) is 34.9 Å². The van der Waals surface area contributed by atoms with E-state index >= 15 is 0 Å². The smallest absolute Gasteiger partial charge is 0.227 e. The van der Waals surface area contributed by atoms with Gasteiger partial charge < -0.3 is 10.6 Å². The minimum Gasteiger partial charge on any atom is -0.354 e. The summed E-state index contributed by atoms with van der Waals surface area (Å²) in [6, 6.07) is 7.67. The molecule has 0 bridgehead atoms. The highest BCUT2D eigenvalue weighted by Crippen LogP contribution is 2.19. The number of benzene rings is 1. The number of hydrogen-bond donors (Lipinski definition) is 2. The standard InChI is InChI=1S/C13H19ClN2O.ClH/c1-9(15-3)8-16-13(17)10(2)11-5-4-6-12(14)7-11;/h4-7,9-10,15H,8H2,1-3H3,(H,16,17);1H. The fourth-order valence-electron chi connectivity index (χ4n) is 1.44. The Morgan fingerprint density at radius 2 is 2.06 bits per heavy atom. The van der Waals surface area contributed by atoms with Crippen molar-refractivity contribution in [2.75, 3.05) is 13.6 Å². The molecule has 1 aromatic carbocycles. The monoisotopic (exact) mass is 290 g/mol. The molecular formula is C13H20Cl2N2O. The van der Waals surface area contributed by atoms with Gasteiger partial charge in [-0.1, -0.05) is 23.7 Å². The zero-order chi connectivity index (χ0) is 12.8. The number of likely N-dealkylation sites (N-methyl/N-ethyl adjacent to an activating group) is 1. The highest BCUT2D eigenvalue weighted by molar-refractivity contribution is 6.30. The van der Waals surface area contributed by atoms with E-state index in [4.69, 9.17) is 11.6 Å². The van der Waals surface area contributed by atoms with Crippen LogP contribution < -0.4 is 10.6 Å². The van der Waals surface area contributed by atoms with Gasteiger partial charge in [-0.05, 0) is 38.6 Å². The zero-order valence-electron chi connectivity index (χ0n) is 10.9. The van der Waals surface area contributed by atoms with Gasteiger partial charge in [0, 0.05) is 17.6 Å². The van der Waals surface area contributed by atoms with E-state index in [-0.39, 0.29) is 30.3 Å². The van der Waals surface area contributed by atoms with Crippen LogP contribution in [-0.2, 0) is 4.79 Å². The van der Waals surface area contributed by atoms with E-state index in [9.17, 15) is 4.79 Å². The Balaban J connectivity index is 0.00000289. The molecule has 0 aliphatic carbocycles. The molecule has 0 aromatic heterocycles. The van der Waals surface area contributed by atoms with Crippen LogP contribution in [0.2, 0.25) is 5.02 Å². The maximum Gasteiger partial charge on any atom is 0.227 e. The van der Waals surface area contributed by atoms with Crippen LogP contribution in [0, 0.1) is 0 Å². The van der Waals surface area contributed by atoms with Crippen molar-refractivity contribution in [3.63, 3.8) is 0 Å². The third-order valence-electron chi connectivity index (χ3n) is 2.82. The second-order valence-electron chi connectivity index (χ2n) is 4.21. The molecule has 0 radical (unpaired) electrons. The Kier molecular flexibility index (Phi) is 8.00. The Morgan fingerprint density at radius 3 is 2.61 bits per heavy atom. The van der Waals surface area contributed by atoms with Crippen LogP contribution in [0.5, 0.6) is 0 Å². The molecule has 2 N–H and O–H groups in total. The summed E-state index contributed by atoms with van der Waals surface area (Å²) < 4.78 is 0. The fraction of sp³-hybridized carbons (Fsp3) is 0.462. The van der Waals surface area contributed by atoms with Crippen LogP contribution in [0.1, 0.15) is 25.3 Å². The number of halogens is 2. The number of carbonyl (C=O) groups excluding carboxylic acids is 1. The molecule has 0 fully saturated rings. The lowest BCUT2D eigenvalue weighted by Crippen LogP contribution is -2.38. The van der Waals surface area contributed by atoms with Gasteiger partial charge in [-0.25, -0.2) is 0 Å². The lowest BCUT2D eigenvalue weighted by Gasteiger charge is -2.15. The molecule has 3 nitrogen and oxygen atoms in total. The second-order valence-corrected chi connectivity index (χ2v) is 4.65. The van der Waals surface area contributed by atoms with Crippen LogP contribution in [0.25, 0.3) is 0 Å². The van der Waals surface area contributed by atoms with E-state index in [1.165, 1.54) is 0 Å². The maximum absolute atomic E-state index is 11.9. The van der Waals surface area contributed by atoms with Crippen molar-refractivity contribution < 1.29 is 4.79 Å². The summed E-state index contributed by atoms with van der Waals surface area (Å²) in [4.78, 5) is 11.9. The van der Waals surface area contributed by atoms with E-state index in [1.807, 2.05) is 39.1 Å². The molecule has 0 heterocycles. The number of rotatable bonds is 5. The van der Waals surface area contributed by atoms with Crippen LogP contribution in [0.4, 0.5) is 0 Å². The minimum absolute atomic E-state index is 0. The van der Waals surface area contributed by atoms with Crippen molar-refractivity contribution in [1.82, 2.24) is 10.6 Å². The van der Waals surface area contributed by atoms with Crippen molar-refractivity contribution in [1.29, 1.82) is 0 Å². The first-order valence-corrected chi connectivity index (χ1v) is 6.12. The first kappa shape index (κ1) is 17.2. The summed E-state index contributed by atoms with van der Waals surface area (Å²) in [5.74, 6) is -0.160. The van der Waals surface area contributed by atoms with Crippen LogP contribution in [0.3, 0.4) is 0 Å². The SMILES string of the molecule is CNC(C)CNC(=O)C(C)c1cccc(Cl)c1.Cl. The largest absolute Gasteiger partial charge is 0.354 e. The molecule has 102 valence electrons. The topological polar surface area (TPSA) is 41.1 Å². The van der Waals surface area contributed by atoms with Gasteiger partial charge in [0.1, 0.15) is 0 Å². The summed E-state index contributed by atoms with van der Waals surface area (Å²) in [5, 5.41) is 6.64. The van der Waals surface area contributed by atoms with Gasteiger partial charge >= 0.3 is 0 Å². The highest BCUT2D eigenvalue weighted by atomic mass is 35.5. The third kappa shape index (κ3) is 5.25. The molecule has 5 heteroatoms. The average Bonchev–Trinajstić information content (AvgIpc) is 2.34. The Bertz CT molecular complexity index is 385. The normalized spacial score (nSPS) is 13.3. The summed E-state index contributed by atoms with van der Waals surface area (Å²) >= 11 is 5.90. The van der Waals surface area contributed by atoms with Crippen LogP contribution in [0.15, 0.2) is 24.3 Å². The lowest BCUT2D eigenvalue weighted by molar-refractivity contribution is -0.122. The average molecular weight is 291 g/mol. The fourth-order valence-corrected chi connectivity index (χ4v) is 1.63. The lowest BCUT2D eigenvalue weighted by atomic mass is 10.0. The van der Waals surface area contributed by atoms with Gasteiger partial charge in [0.05, 0.1) is 5.92 Å². The van der Waals surface area contributed by atoms with Crippen molar-refractivity contribution in [3.8, 4) is 0 Å². The van der Waals surface area contributed by atoms with Gasteiger partial charge in [-0.2, -0.15) is 0 Å². The molecule has 0 spiro atoms. The molecular weight excluding hydrogens is 271 g/mol. The number of carbonyl (C=O) groups is 1. The predicted molar refractivity (Wildman–Crippen MR) is 78.6 cm³/mol. The van der Waals surface area contributed by atoms with Crippen molar-refractivity contribution in [2.24, 2.45) is 0 Å². The quantitative estimate of drug-likeness (QED) is 0.875. The molecule has 0 saturated carbocycles. The molecule has 1 amide bonds. The summed E-state index contributed by atoms with van der Waals surface area (Å²) in [7, 11) is 1.87. The minimum atomic E-state index is -0.183. The van der Waals surface area contributed by atoms with E-state index in [0.29, 0.717) is 11.6 Å². The maximum atomic E-state index is 11.9. The van der Waals surface area contributed by atoms with E-state index in [0.717, 1.165) is 5.56 Å². The molecule has 2 atom stereocenters. The van der Waals surface area contributed by atoms with Gasteiger partial charge in [-0.3, -0.25) is 4.79 Å². The molecule has 0 saturated heterocycles. The van der Waals surface area contributed by atoms with Crippen molar-refractivity contribution >= 4 is 29.9 Å². The summed E-state index contributed by atoms with van der Waals surface area (Å²) in [6.07, 6.45) is 0. The summed E-state index contributed by atoms with van der Waals surface area (Å²) in [5.41, 5.74) is 0.937. The van der Waals surface area contributed by atoms with Gasteiger partial charge in [0.15, 0.2) is 0 Å². The van der Waals surface area contributed by atoms with E-state index in [2.05, 4.69) is 10.6 Å². The number of hydrogen-bond acceptors (Lipinski definition) is 2. The molecule has 0 aliphatic heterocycles. The number of nitrogens with one attached hydrogen (secondary N) is 2. The predicted octanol–water partition coefficient (Wildman–Crippen LogP) is 2.59.